The molecule has 1 aliphatic heterocycles. The van der Waals surface area contributed by atoms with Crippen LogP contribution in [0.4, 0.5) is 0 Å². The molecule has 116 valence electrons. The molecule has 2 heterocycles. The van der Waals surface area contributed by atoms with Gasteiger partial charge in [-0.25, -0.2) is 0 Å². The van der Waals surface area contributed by atoms with E-state index in [2.05, 4.69) is 32.9 Å². The van der Waals surface area contributed by atoms with Crippen LogP contribution in [-0.4, -0.2) is 23.9 Å². The summed E-state index contributed by atoms with van der Waals surface area (Å²) in [6.45, 7) is 8.08. The lowest BCUT2D eigenvalue weighted by Crippen LogP contribution is -2.28. The predicted octanol–water partition coefficient (Wildman–Crippen LogP) is 4.21. The fraction of sp³-hybridized carbons (Fsp3) is 0.421. The van der Waals surface area contributed by atoms with Crippen molar-refractivity contribution in [3.8, 4) is 0 Å². The van der Waals surface area contributed by atoms with E-state index in [1.54, 1.807) is 6.26 Å². The second kappa shape index (κ2) is 5.64. The van der Waals surface area contributed by atoms with E-state index in [1.807, 2.05) is 29.2 Å². The molecule has 1 fully saturated rings. The number of hydrogen-bond donors (Lipinski definition) is 0. The van der Waals surface area contributed by atoms with Gasteiger partial charge in [0.15, 0.2) is 0 Å². The van der Waals surface area contributed by atoms with Crippen LogP contribution in [-0.2, 0) is 5.41 Å². The first-order valence-electron chi connectivity index (χ1n) is 7.88. The molecule has 1 saturated heterocycles. The minimum Gasteiger partial charge on any atom is -0.469 e. The van der Waals surface area contributed by atoms with Gasteiger partial charge in [0, 0.05) is 24.6 Å². The van der Waals surface area contributed by atoms with Crippen LogP contribution < -0.4 is 0 Å². The molecular formula is C19H23NO2. The average molecular weight is 297 g/mol. The Hall–Kier alpha value is -2.03. The molecule has 3 rings (SSSR count). The van der Waals surface area contributed by atoms with Gasteiger partial charge in [0.1, 0.15) is 5.76 Å². The lowest BCUT2D eigenvalue weighted by Gasteiger charge is -2.20. The number of hydrogen-bond acceptors (Lipinski definition) is 2. The van der Waals surface area contributed by atoms with E-state index in [1.165, 1.54) is 5.56 Å². The van der Waals surface area contributed by atoms with E-state index in [4.69, 9.17) is 4.42 Å². The van der Waals surface area contributed by atoms with Gasteiger partial charge in [0.25, 0.3) is 5.91 Å². The van der Waals surface area contributed by atoms with Gasteiger partial charge in [-0.1, -0.05) is 32.9 Å². The normalized spacial score (nSPS) is 18.7. The van der Waals surface area contributed by atoms with Crippen molar-refractivity contribution in [2.24, 2.45) is 0 Å². The summed E-state index contributed by atoms with van der Waals surface area (Å²) in [5.41, 5.74) is 2.13. The Morgan fingerprint density at radius 1 is 1.18 bits per heavy atom. The van der Waals surface area contributed by atoms with Crippen LogP contribution in [0.3, 0.4) is 0 Å². The van der Waals surface area contributed by atoms with Gasteiger partial charge in [-0.3, -0.25) is 4.79 Å². The molecule has 3 heteroatoms. The minimum atomic E-state index is 0.111. The summed E-state index contributed by atoms with van der Waals surface area (Å²) < 4.78 is 5.47. The molecule has 0 bridgehead atoms. The van der Waals surface area contributed by atoms with Crippen LogP contribution in [0.5, 0.6) is 0 Å². The second-order valence-electron chi connectivity index (χ2n) is 7.08. The smallest absolute Gasteiger partial charge is 0.253 e. The lowest BCUT2D eigenvalue weighted by molar-refractivity contribution is 0.0790. The first kappa shape index (κ1) is 14.9. The van der Waals surface area contributed by atoms with Crippen molar-refractivity contribution in [3.05, 3.63) is 59.5 Å². The summed E-state index contributed by atoms with van der Waals surface area (Å²) in [4.78, 5) is 14.5. The maximum Gasteiger partial charge on any atom is 0.253 e. The maximum absolute atomic E-state index is 12.6. The SMILES string of the molecule is CC(C)(C)c1ccc(C(=O)N2CCC(c3ccco3)C2)cc1. The molecule has 0 radical (unpaired) electrons. The van der Waals surface area contributed by atoms with Gasteiger partial charge in [0.05, 0.1) is 6.26 Å². The molecule has 0 saturated carbocycles. The molecule has 1 aliphatic rings. The minimum absolute atomic E-state index is 0.111. The zero-order valence-corrected chi connectivity index (χ0v) is 13.5. The number of carbonyl (C=O) groups is 1. The monoisotopic (exact) mass is 297 g/mol. The molecule has 1 amide bonds. The summed E-state index contributed by atoms with van der Waals surface area (Å²) in [6.07, 6.45) is 2.67. The number of amides is 1. The summed E-state index contributed by atoms with van der Waals surface area (Å²) >= 11 is 0. The van der Waals surface area contributed by atoms with Crippen LogP contribution in [0.15, 0.2) is 47.1 Å². The standard InChI is InChI=1S/C19H23NO2/c1-19(2,3)16-8-6-14(7-9-16)18(21)20-11-10-15(13-20)17-5-4-12-22-17/h4-9,12,15H,10-11,13H2,1-3H3. The van der Waals surface area contributed by atoms with Crippen molar-refractivity contribution in [1.82, 2.24) is 4.90 Å². The van der Waals surface area contributed by atoms with Crippen molar-refractivity contribution < 1.29 is 9.21 Å². The fourth-order valence-electron chi connectivity index (χ4n) is 3.00. The van der Waals surface area contributed by atoms with Crippen molar-refractivity contribution in [2.75, 3.05) is 13.1 Å². The number of furan rings is 1. The van der Waals surface area contributed by atoms with Crippen LogP contribution in [0, 0.1) is 0 Å². The predicted molar refractivity (Wildman–Crippen MR) is 87.1 cm³/mol. The Labute approximate surface area is 131 Å². The van der Waals surface area contributed by atoms with Crippen molar-refractivity contribution in [2.45, 2.75) is 38.5 Å². The number of benzene rings is 1. The Morgan fingerprint density at radius 2 is 1.91 bits per heavy atom. The van der Waals surface area contributed by atoms with Crippen LogP contribution in [0.25, 0.3) is 0 Å². The topological polar surface area (TPSA) is 33.5 Å². The van der Waals surface area contributed by atoms with Crippen LogP contribution in [0.2, 0.25) is 0 Å². The summed E-state index contributed by atoms with van der Waals surface area (Å²) in [6, 6.07) is 11.9. The van der Waals surface area contributed by atoms with Gasteiger partial charge < -0.3 is 9.32 Å². The van der Waals surface area contributed by atoms with E-state index in [9.17, 15) is 4.79 Å². The lowest BCUT2D eigenvalue weighted by atomic mass is 9.86. The highest BCUT2D eigenvalue weighted by Crippen LogP contribution is 2.29. The number of rotatable bonds is 2. The zero-order chi connectivity index (χ0) is 15.7. The summed E-state index contributed by atoms with van der Waals surface area (Å²) in [7, 11) is 0. The quantitative estimate of drug-likeness (QED) is 0.832. The molecule has 3 nitrogen and oxygen atoms in total. The molecule has 2 aromatic rings. The van der Waals surface area contributed by atoms with Gasteiger partial charge in [-0.05, 0) is 41.7 Å². The molecule has 0 N–H and O–H groups in total. The van der Waals surface area contributed by atoms with E-state index in [0.717, 1.165) is 30.8 Å². The van der Waals surface area contributed by atoms with E-state index in [-0.39, 0.29) is 11.3 Å². The average Bonchev–Trinajstić information content (AvgIpc) is 3.16. The maximum atomic E-state index is 12.6. The molecule has 1 unspecified atom stereocenters. The summed E-state index contributed by atoms with van der Waals surface area (Å²) in [5.74, 6) is 1.43. The van der Waals surface area contributed by atoms with Crippen molar-refractivity contribution in [1.29, 1.82) is 0 Å². The van der Waals surface area contributed by atoms with Crippen molar-refractivity contribution >= 4 is 5.91 Å². The molecule has 22 heavy (non-hydrogen) atoms. The van der Waals surface area contributed by atoms with Gasteiger partial charge in [-0.2, -0.15) is 0 Å². The third-order valence-corrected chi connectivity index (χ3v) is 4.42. The number of likely N-dealkylation sites (tertiary alicyclic amines) is 1. The van der Waals surface area contributed by atoms with E-state index < -0.39 is 0 Å². The van der Waals surface area contributed by atoms with Gasteiger partial charge in [-0.15, -0.1) is 0 Å². The molecule has 1 aromatic heterocycles. The van der Waals surface area contributed by atoms with Crippen LogP contribution in [0.1, 0.15) is 54.8 Å². The first-order valence-corrected chi connectivity index (χ1v) is 7.88. The Kier molecular flexibility index (Phi) is 3.81. The molecule has 1 atom stereocenters. The Morgan fingerprint density at radius 3 is 2.50 bits per heavy atom. The molecule has 0 spiro atoms. The molecule has 0 aliphatic carbocycles. The third-order valence-electron chi connectivity index (χ3n) is 4.42. The van der Waals surface area contributed by atoms with Gasteiger partial charge >= 0.3 is 0 Å². The first-order chi connectivity index (χ1) is 10.4. The zero-order valence-electron chi connectivity index (χ0n) is 13.5. The van der Waals surface area contributed by atoms with Gasteiger partial charge in [0.2, 0.25) is 0 Å². The highest BCUT2D eigenvalue weighted by atomic mass is 16.3. The Bertz CT molecular complexity index is 635. The molecular weight excluding hydrogens is 274 g/mol. The highest BCUT2D eigenvalue weighted by molar-refractivity contribution is 5.94. The molecule has 1 aromatic carbocycles. The Balaban J connectivity index is 1.70. The number of nitrogens with zero attached hydrogens (tertiary/aromatic N) is 1. The largest absolute Gasteiger partial charge is 0.469 e. The van der Waals surface area contributed by atoms with Crippen LogP contribution >= 0.6 is 0 Å². The number of carbonyl (C=O) groups excluding carboxylic acids is 1. The second-order valence-corrected chi connectivity index (χ2v) is 7.08. The summed E-state index contributed by atoms with van der Waals surface area (Å²) in [5, 5.41) is 0. The third kappa shape index (κ3) is 2.94. The van der Waals surface area contributed by atoms with Crippen molar-refractivity contribution in [3.63, 3.8) is 0 Å². The highest BCUT2D eigenvalue weighted by Gasteiger charge is 2.29. The van der Waals surface area contributed by atoms with E-state index in [0.29, 0.717) is 5.92 Å². The fourth-order valence-corrected chi connectivity index (χ4v) is 3.00. The van der Waals surface area contributed by atoms with E-state index >= 15 is 0 Å².